The largest absolute Gasteiger partial charge is 0.368 e. The topological polar surface area (TPSA) is 58.1 Å². The Hall–Kier alpha value is -2.73. The van der Waals surface area contributed by atoms with Crippen LogP contribution in [-0.4, -0.2) is 39.9 Å². The number of thiazole rings is 1. The molecule has 6 heteroatoms. The van der Waals surface area contributed by atoms with Gasteiger partial charge < -0.3 is 10.2 Å². The number of anilines is 1. The lowest BCUT2D eigenvalue weighted by Gasteiger charge is -2.35. The van der Waals surface area contributed by atoms with Gasteiger partial charge in [-0.15, -0.1) is 11.3 Å². The van der Waals surface area contributed by atoms with Gasteiger partial charge in [-0.3, -0.25) is 4.79 Å². The van der Waals surface area contributed by atoms with Gasteiger partial charge in [-0.25, -0.2) is 9.97 Å². The normalized spacial score (nSPS) is 22.2. The van der Waals surface area contributed by atoms with Gasteiger partial charge in [0, 0.05) is 24.8 Å². The first-order valence-corrected chi connectivity index (χ1v) is 34.9. The molecule has 1 aromatic carbocycles. The molecule has 2 aromatic heterocycles. The zero-order valence-corrected chi connectivity index (χ0v) is 51.4. The van der Waals surface area contributed by atoms with Crippen LogP contribution in [0.2, 0.25) is 0 Å². The van der Waals surface area contributed by atoms with E-state index in [0.717, 1.165) is 46.3 Å². The fraction of sp³-hybridized carbons (Fsp3) is 0.789. The van der Waals surface area contributed by atoms with Crippen LogP contribution in [0.5, 0.6) is 0 Å². The Morgan fingerprint density at radius 3 is 1.18 bits per heavy atom. The van der Waals surface area contributed by atoms with E-state index < -0.39 is 0 Å². The molecular weight excluding hydrogens is 957 g/mol. The fourth-order valence-electron chi connectivity index (χ4n) is 12.9. The van der Waals surface area contributed by atoms with E-state index in [4.69, 9.17) is 9.97 Å². The van der Waals surface area contributed by atoms with Crippen molar-refractivity contribution in [3.05, 3.63) is 64.9 Å². The maximum Gasteiger partial charge on any atom is 0.274 e. The van der Waals surface area contributed by atoms with E-state index in [1.807, 2.05) is 0 Å². The van der Waals surface area contributed by atoms with Crippen LogP contribution >= 0.6 is 11.3 Å². The second-order valence-electron chi connectivity index (χ2n) is 25.2. The van der Waals surface area contributed by atoms with Crippen LogP contribution in [0, 0.1) is 19.3 Å². The summed E-state index contributed by atoms with van der Waals surface area (Å²) >= 11 is 1.66. The van der Waals surface area contributed by atoms with E-state index in [9.17, 15) is 0 Å². The number of hydrogen-bond acceptors (Lipinski definition) is 5. The molecule has 3 heterocycles. The van der Waals surface area contributed by atoms with Gasteiger partial charge in [0.15, 0.2) is 0 Å². The van der Waals surface area contributed by atoms with Crippen molar-refractivity contribution in [1.82, 2.24) is 14.9 Å². The molecule has 2 aliphatic rings. The number of carbonyl (C=O) groups excluding carboxylic acids is 1. The summed E-state index contributed by atoms with van der Waals surface area (Å²) in [6.45, 7) is 5.63. The minimum absolute atomic E-state index is 0.0779. The van der Waals surface area contributed by atoms with E-state index in [1.54, 1.807) is 11.3 Å². The highest BCUT2D eigenvalue weighted by molar-refractivity contribution is 7.15. The second-order valence-corrected chi connectivity index (χ2v) is 26.4. The SMILES string of the molecule is Cc1cccc(NCC2CC3(CCCCCCCCCCCCCCCCCCCCCCCCCCCCCCCCCCCCCCCCCCCCCCCCN2C(=O)c2nc(C)sc2-c2ccccc2)CC3)n1. The number of aryl methyl sites for hydroxylation is 2. The van der Waals surface area contributed by atoms with Crippen molar-refractivity contribution in [2.24, 2.45) is 5.41 Å². The molecule has 1 saturated heterocycles. The van der Waals surface area contributed by atoms with E-state index in [2.05, 4.69) is 72.6 Å². The van der Waals surface area contributed by atoms with Crippen LogP contribution in [0.1, 0.15) is 342 Å². The number of pyridine rings is 1. The summed E-state index contributed by atoms with van der Waals surface area (Å²) in [7, 11) is 0. The second kappa shape index (κ2) is 43.1. The van der Waals surface area contributed by atoms with E-state index >= 15 is 4.79 Å². The van der Waals surface area contributed by atoms with Crippen molar-refractivity contribution in [2.45, 2.75) is 341 Å². The molecule has 1 aliphatic carbocycles. The van der Waals surface area contributed by atoms with Crippen molar-refractivity contribution >= 4 is 23.1 Å². The minimum atomic E-state index is 0.0779. The van der Waals surface area contributed by atoms with E-state index in [-0.39, 0.29) is 11.9 Å². The van der Waals surface area contributed by atoms with Gasteiger partial charge >= 0.3 is 0 Å². The Morgan fingerprint density at radius 2 is 0.818 bits per heavy atom. The van der Waals surface area contributed by atoms with Crippen molar-refractivity contribution in [3.8, 4) is 10.4 Å². The fourth-order valence-corrected chi connectivity index (χ4v) is 13.8. The molecule has 1 amide bonds. The summed E-state index contributed by atoms with van der Waals surface area (Å²) < 4.78 is 0. The molecule has 0 bridgehead atoms. The summed E-state index contributed by atoms with van der Waals surface area (Å²) in [5.41, 5.74) is 3.09. The number of aromatic nitrogens is 2. The number of hydrogen-bond donors (Lipinski definition) is 1. The molecule has 77 heavy (non-hydrogen) atoms. The Labute approximate surface area is 480 Å². The number of nitrogens with one attached hydrogen (secondary N) is 1. The summed E-state index contributed by atoms with van der Waals surface area (Å²) in [4.78, 5) is 28.3. The first kappa shape index (κ1) is 65.1. The third-order valence-electron chi connectivity index (χ3n) is 18.1. The molecule has 1 N–H and O–H groups in total. The maximum absolute atomic E-state index is 15.2. The number of benzene rings is 1. The standard InChI is InChI=1S/C71H120N4OS/c1-63-53-52-56-67(73-63)72-62-66-61-71(58-59-71)57-50-45-43-41-39-37-35-33-31-29-27-25-23-21-19-17-15-13-11-9-7-5-3-4-6-8-10-12-14-16-18-20-22-24-26-28-30-32-34-36-38-40-42-44-46-51-60-75(66)70(76)68-69(77-64(2)74-68)65-54-48-47-49-55-65/h47-49,52-56,66H,3-46,50-51,57-62H2,1-2H3,(H,72,73). The van der Waals surface area contributed by atoms with Crippen molar-refractivity contribution in [3.63, 3.8) is 0 Å². The third kappa shape index (κ3) is 30.6. The predicted octanol–water partition coefficient (Wildman–Crippen LogP) is 23.3. The summed E-state index contributed by atoms with van der Waals surface area (Å²) in [5.74, 6) is 1.02. The van der Waals surface area contributed by atoms with Crippen LogP contribution in [0.25, 0.3) is 10.4 Å². The Kier molecular flexibility index (Phi) is 36.4. The molecule has 5 nitrogen and oxygen atoms in total. The molecular formula is C71H120N4OS. The molecule has 3 aromatic rings. The summed E-state index contributed by atoms with van der Waals surface area (Å²) in [6, 6.07) is 16.8. The quantitative estimate of drug-likeness (QED) is 0.277. The first-order chi connectivity index (χ1) is 38.0. The predicted molar refractivity (Wildman–Crippen MR) is 338 cm³/mol. The lowest BCUT2D eigenvalue weighted by atomic mass is 9.89. The van der Waals surface area contributed by atoms with Gasteiger partial charge in [0.1, 0.15) is 11.5 Å². The maximum atomic E-state index is 15.2. The zero-order chi connectivity index (χ0) is 54.0. The number of carbonyl (C=O) groups is 1. The molecule has 436 valence electrons. The Morgan fingerprint density at radius 1 is 0.455 bits per heavy atom. The molecule has 2 fully saturated rings. The van der Waals surface area contributed by atoms with Gasteiger partial charge in [-0.2, -0.15) is 0 Å². The van der Waals surface area contributed by atoms with Gasteiger partial charge in [-0.05, 0) is 69.1 Å². The van der Waals surface area contributed by atoms with Crippen LogP contribution < -0.4 is 5.32 Å². The van der Waals surface area contributed by atoms with Crippen LogP contribution in [0.3, 0.4) is 0 Å². The number of nitrogens with zero attached hydrogens (tertiary/aromatic N) is 3. The molecule has 1 spiro atoms. The van der Waals surface area contributed by atoms with E-state index in [1.165, 1.54) is 308 Å². The lowest BCUT2D eigenvalue weighted by Crippen LogP contribution is -2.46. The van der Waals surface area contributed by atoms with Gasteiger partial charge in [-0.1, -0.05) is 325 Å². The molecule has 1 unspecified atom stereocenters. The zero-order valence-electron chi connectivity index (χ0n) is 50.6. The summed E-state index contributed by atoms with van der Waals surface area (Å²) in [6.07, 6.45) is 70.3. The van der Waals surface area contributed by atoms with Crippen molar-refractivity contribution < 1.29 is 4.79 Å². The number of amides is 1. The molecule has 0 radical (unpaired) electrons. The summed E-state index contributed by atoms with van der Waals surface area (Å²) in [5, 5.41) is 4.71. The van der Waals surface area contributed by atoms with Crippen molar-refractivity contribution in [2.75, 3.05) is 18.4 Å². The molecule has 1 saturated carbocycles. The Bertz CT molecular complexity index is 1850. The monoisotopic (exact) mass is 1080 g/mol. The highest BCUT2D eigenvalue weighted by atomic mass is 32.1. The van der Waals surface area contributed by atoms with Gasteiger partial charge in [0.25, 0.3) is 5.91 Å². The molecule has 5 rings (SSSR count). The smallest absolute Gasteiger partial charge is 0.274 e. The third-order valence-corrected chi connectivity index (χ3v) is 19.1. The first-order valence-electron chi connectivity index (χ1n) is 34.0. The van der Waals surface area contributed by atoms with Crippen LogP contribution in [0.4, 0.5) is 5.82 Å². The van der Waals surface area contributed by atoms with Gasteiger partial charge in [0.05, 0.1) is 9.88 Å². The average Bonchev–Trinajstić information content (AvgIpc) is 4.11. The minimum Gasteiger partial charge on any atom is -0.368 e. The Balaban J connectivity index is 1.08. The lowest BCUT2D eigenvalue weighted by molar-refractivity contribution is 0.0644. The average molecular weight is 1080 g/mol. The van der Waals surface area contributed by atoms with Crippen LogP contribution in [0.15, 0.2) is 48.5 Å². The molecule has 1 aliphatic heterocycles. The highest BCUT2D eigenvalue weighted by Crippen LogP contribution is 2.54. The molecule has 1 atom stereocenters. The van der Waals surface area contributed by atoms with Crippen molar-refractivity contribution in [1.29, 1.82) is 0 Å². The number of rotatable bonds is 5. The van der Waals surface area contributed by atoms with E-state index in [0.29, 0.717) is 17.7 Å². The van der Waals surface area contributed by atoms with Crippen LogP contribution in [-0.2, 0) is 0 Å². The highest BCUT2D eigenvalue weighted by Gasteiger charge is 2.45. The van der Waals surface area contributed by atoms with Gasteiger partial charge in [0.2, 0.25) is 0 Å².